The van der Waals surface area contributed by atoms with Crippen molar-refractivity contribution in [3.05, 3.63) is 47.3 Å². The Labute approximate surface area is 168 Å². The van der Waals surface area contributed by atoms with Gasteiger partial charge >= 0.3 is 0 Å². The van der Waals surface area contributed by atoms with Gasteiger partial charge in [0.05, 0.1) is 6.04 Å². The van der Waals surface area contributed by atoms with E-state index in [9.17, 15) is 18.8 Å². The number of carbonyl (C=O) groups excluding carboxylic acids is 3. The monoisotopic (exact) mass is 404 g/mol. The molecule has 1 aliphatic heterocycles. The molecule has 0 radical (unpaired) electrons. The lowest BCUT2D eigenvalue weighted by Gasteiger charge is -2.38. The molecular weight excluding hydrogens is 379 g/mol. The maximum atomic E-state index is 14.5. The quantitative estimate of drug-likeness (QED) is 0.739. The van der Waals surface area contributed by atoms with Crippen molar-refractivity contribution in [3.63, 3.8) is 0 Å². The number of halogens is 1. The topological polar surface area (TPSA) is 66.5 Å². The minimum atomic E-state index is -0.662. The number of thioether (sulfide) groups is 1. The first-order valence-electron chi connectivity index (χ1n) is 9.52. The van der Waals surface area contributed by atoms with Crippen molar-refractivity contribution in [2.75, 3.05) is 20.1 Å². The van der Waals surface area contributed by atoms with E-state index in [2.05, 4.69) is 5.32 Å². The summed E-state index contributed by atoms with van der Waals surface area (Å²) in [6, 6.07) is 5.74. The van der Waals surface area contributed by atoms with E-state index in [0.717, 1.165) is 18.4 Å². The average molecular weight is 405 g/mol. The predicted octanol–water partition coefficient (Wildman–Crippen LogP) is 2.87. The molecule has 1 aromatic carbocycles. The Kier molecular flexibility index (Phi) is 6.67. The van der Waals surface area contributed by atoms with Crippen molar-refractivity contribution in [1.82, 2.24) is 10.2 Å². The largest absolute Gasteiger partial charge is 0.356 e. The van der Waals surface area contributed by atoms with Crippen LogP contribution in [0, 0.1) is 11.7 Å². The van der Waals surface area contributed by atoms with Crippen molar-refractivity contribution in [1.29, 1.82) is 0 Å². The number of likely N-dealkylation sites (tertiary alicyclic amines) is 1. The lowest BCUT2D eigenvalue weighted by Crippen LogP contribution is -2.43. The molecule has 2 unspecified atom stereocenters. The van der Waals surface area contributed by atoms with Gasteiger partial charge in [-0.05, 0) is 30.9 Å². The standard InChI is InChI=1S/C21H25FN2O3S/c1-13(25)28-18-9-10-24(12-15(18)11-19(26)23-2)20(21(27)14-7-8-14)16-5-3-4-6-17(16)22/h3-6,11,14,18,20H,7-10,12H2,1-2H3,(H,23,26)/b15-11-. The van der Waals surface area contributed by atoms with E-state index in [4.69, 9.17) is 0 Å². The first kappa shape index (κ1) is 20.7. The average Bonchev–Trinajstić information content (AvgIpc) is 3.50. The second-order valence-electron chi connectivity index (χ2n) is 7.29. The summed E-state index contributed by atoms with van der Waals surface area (Å²) in [7, 11) is 1.55. The van der Waals surface area contributed by atoms with Crippen molar-refractivity contribution >= 4 is 28.6 Å². The van der Waals surface area contributed by atoms with E-state index in [1.807, 2.05) is 4.90 Å². The molecule has 0 bridgehead atoms. The molecule has 1 N–H and O–H groups in total. The highest BCUT2D eigenvalue weighted by Gasteiger charge is 2.41. The van der Waals surface area contributed by atoms with E-state index in [0.29, 0.717) is 25.1 Å². The summed E-state index contributed by atoms with van der Waals surface area (Å²) in [5.74, 6) is -0.608. The molecule has 2 atom stereocenters. The zero-order valence-electron chi connectivity index (χ0n) is 16.1. The number of benzene rings is 1. The summed E-state index contributed by atoms with van der Waals surface area (Å²) >= 11 is 1.20. The van der Waals surface area contributed by atoms with Crippen LogP contribution in [0.1, 0.15) is 37.8 Å². The van der Waals surface area contributed by atoms with Crippen LogP contribution >= 0.6 is 11.8 Å². The molecule has 1 amide bonds. The Morgan fingerprint density at radius 1 is 1.25 bits per heavy atom. The van der Waals surface area contributed by atoms with Crippen LogP contribution in [0.4, 0.5) is 4.39 Å². The molecule has 1 saturated carbocycles. The lowest BCUT2D eigenvalue weighted by atomic mass is 9.93. The Bertz CT molecular complexity index is 807. The van der Waals surface area contributed by atoms with Crippen LogP contribution in [0.5, 0.6) is 0 Å². The zero-order chi connectivity index (χ0) is 20.3. The predicted molar refractivity (Wildman–Crippen MR) is 107 cm³/mol. The van der Waals surface area contributed by atoms with Gasteiger partial charge in [-0.3, -0.25) is 19.3 Å². The Morgan fingerprint density at radius 2 is 1.96 bits per heavy atom. The van der Waals surface area contributed by atoms with Gasteiger partial charge in [0.15, 0.2) is 10.9 Å². The molecule has 7 heteroatoms. The second-order valence-corrected chi connectivity index (χ2v) is 8.67. The van der Waals surface area contributed by atoms with Gasteiger partial charge in [-0.15, -0.1) is 0 Å². The molecule has 0 spiro atoms. The molecule has 0 aromatic heterocycles. The number of Topliss-reactive ketones (excluding diaryl/α,β-unsaturated/α-hetero) is 1. The second kappa shape index (κ2) is 9.01. The fraction of sp³-hybridized carbons (Fsp3) is 0.476. The van der Waals surface area contributed by atoms with Crippen LogP contribution in [0.15, 0.2) is 35.9 Å². The smallest absolute Gasteiger partial charge is 0.243 e. The minimum Gasteiger partial charge on any atom is -0.356 e. The Hall–Kier alpha value is -1.99. The van der Waals surface area contributed by atoms with Crippen molar-refractivity contribution in [2.45, 2.75) is 37.5 Å². The summed E-state index contributed by atoms with van der Waals surface area (Å²) < 4.78 is 14.5. The third kappa shape index (κ3) is 4.89. The number of hydrogen-bond acceptors (Lipinski definition) is 5. The number of nitrogens with one attached hydrogen (secondary N) is 1. The molecule has 1 heterocycles. The van der Waals surface area contributed by atoms with Gasteiger partial charge in [-0.1, -0.05) is 30.0 Å². The van der Waals surface area contributed by atoms with Crippen LogP contribution in [-0.4, -0.2) is 47.1 Å². The molecule has 1 aromatic rings. The normalized spacial score (nSPS) is 22.7. The van der Waals surface area contributed by atoms with Crippen molar-refractivity contribution in [2.24, 2.45) is 5.92 Å². The van der Waals surface area contributed by atoms with Crippen LogP contribution in [0.2, 0.25) is 0 Å². The number of piperidine rings is 1. The highest BCUT2D eigenvalue weighted by atomic mass is 32.2. The van der Waals surface area contributed by atoms with Crippen LogP contribution < -0.4 is 5.32 Å². The number of amides is 1. The SMILES string of the molecule is CNC(=O)/C=C1/CN(C(C(=O)C2CC2)c2ccccc2F)CCC1SC(C)=O. The Balaban J connectivity index is 1.91. The molecule has 3 rings (SSSR count). The molecule has 1 saturated heterocycles. The van der Waals surface area contributed by atoms with Gasteiger partial charge in [-0.25, -0.2) is 4.39 Å². The number of carbonyl (C=O) groups is 3. The lowest BCUT2D eigenvalue weighted by molar-refractivity contribution is -0.126. The number of likely N-dealkylation sites (N-methyl/N-ethyl adjacent to an activating group) is 1. The molecule has 2 aliphatic rings. The Morgan fingerprint density at radius 3 is 2.57 bits per heavy atom. The summed E-state index contributed by atoms with van der Waals surface area (Å²) in [5.41, 5.74) is 1.17. The first-order chi connectivity index (χ1) is 13.4. The van der Waals surface area contributed by atoms with E-state index < -0.39 is 11.9 Å². The fourth-order valence-electron chi connectivity index (χ4n) is 3.64. The molecule has 5 nitrogen and oxygen atoms in total. The van der Waals surface area contributed by atoms with E-state index in [1.165, 1.54) is 30.8 Å². The van der Waals surface area contributed by atoms with Gasteiger partial charge in [0.1, 0.15) is 5.82 Å². The number of hydrogen-bond donors (Lipinski definition) is 1. The number of nitrogens with zero attached hydrogens (tertiary/aromatic N) is 1. The summed E-state index contributed by atoms with van der Waals surface area (Å²) in [4.78, 5) is 38.5. The van der Waals surface area contributed by atoms with Gasteiger partial charge in [0.25, 0.3) is 0 Å². The molecule has 2 fully saturated rings. The highest BCUT2D eigenvalue weighted by molar-refractivity contribution is 8.14. The molecule has 150 valence electrons. The van der Waals surface area contributed by atoms with E-state index in [-0.39, 0.29) is 28.0 Å². The van der Waals surface area contributed by atoms with Gasteiger partial charge in [0, 0.05) is 49.9 Å². The van der Waals surface area contributed by atoms with E-state index >= 15 is 0 Å². The van der Waals surface area contributed by atoms with Crippen molar-refractivity contribution < 1.29 is 18.8 Å². The molecule has 1 aliphatic carbocycles. The van der Waals surface area contributed by atoms with Gasteiger partial charge in [0.2, 0.25) is 5.91 Å². The van der Waals surface area contributed by atoms with Crippen LogP contribution in [0.3, 0.4) is 0 Å². The van der Waals surface area contributed by atoms with Gasteiger partial charge < -0.3 is 5.32 Å². The molecule has 28 heavy (non-hydrogen) atoms. The third-order valence-corrected chi connectivity index (χ3v) is 6.32. The van der Waals surface area contributed by atoms with Gasteiger partial charge in [-0.2, -0.15) is 0 Å². The van der Waals surface area contributed by atoms with Crippen LogP contribution in [-0.2, 0) is 14.4 Å². The number of ketones is 1. The van der Waals surface area contributed by atoms with Crippen LogP contribution in [0.25, 0.3) is 0 Å². The third-order valence-electron chi connectivity index (χ3n) is 5.16. The maximum absolute atomic E-state index is 14.5. The van der Waals surface area contributed by atoms with E-state index in [1.54, 1.807) is 25.2 Å². The fourth-order valence-corrected chi connectivity index (χ4v) is 4.55. The summed E-state index contributed by atoms with van der Waals surface area (Å²) in [6.45, 7) is 2.43. The first-order valence-corrected chi connectivity index (χ1v) is 10.4. The zero-order valence-corrected chi connectivity index (χ0v) is 16.9. The highest BCUT2D eigenvalue weighted by Crippen LogP contribution is 2.40. The number of rotatable bonds is 6. The van der Waals surface area contributed by atoms with Crippen molar-refractivity contribution in [3.8, 4) is 0 Å². The maximum Gasteiger partial charge on any atom is 0.243 e. The summed E-state index contributed by atoms with van der Waals surface area (Å²) in [6.07, 6.45) is 3.82. The molecular formula is C21H25FN2O3S. The summed E-state index contributed by atoms with van der Waals surface area (Å²) in [5, 5.41) is 2.45. The minimum absolute atomic E-state index is 0.0130.